The maximum Gasteiger partial charge on any atom is 0.0485 e. The Kier molecular flexibility index (Phi) is 4.61. The van der Waals surface area contributed by atoms with Crippen molar-refractivity contribution < 1.29 is 0 Å². The van der Waals surface area contributed by atoms with Gasteiger partial charge in [0.25, 0.3) is 0 Å². The molecular weight excluding hydrogens is 252 g/mol. The van der Waals surface area contributed by atoms with E-state index in [0.717, 1.165) is 23.2 Å². The fourth-order valence-corrected chi connectivity index (χ4v) is 1.66. The molecule has 15 heavy (non-hydrogen) atoms. The van der Waals surface area contributed by atoms with Crippen LogP contribution in [0, 0.1) is 0 Å². The molecule has 0 heterocycles. The van der Waals surface area contributed by atoms with Crippen molar-refractivity contribution in [1.82, 2.24) is 5.32 Å². The van der Waals surface area contributed by atoms with E-state index in [4.69, 9.17) is 0 Å². The average molecular weight is 271 g/mol. The van der Waals surface area contributed by atoms with Gasteiger partial charge >= 0.3 is 0 Å². The maximum absolute atomic E-state index is 3.50. The molecule has 0 atom stereocenters. The molecular formula is C12H19BrN2. The number of hydrogen-bond donors (Lipinski definition) is 2. The number of hydrogen-bond acceptors (Lipinski definition) is 2. The van der Waals surface area contributed by atoms with Crippen molar-refractivity contribution in [3.8, 4) is 0 Å². The number of rotatable bonds is 4. The van der Waals surface area contributed by atoms with E-state index in [9.17, 15) is 0 Å². The summed E-state index contributed by atoms with van der Waals surface area (Å²) in [4.78, 5) is 0. The zero-order chi connectivity index (χ0) is 11.3. The first-order valence-corrected chi connectivity index (χ1v) is 6.02. The van der Waals surface area contributed by atoms with Crippen LogP contribution >= 0.6 is 15.9 Å². The molecule has 0 unspecified atom stereocenters. The van der Waals surface area contributed by atoms with Crippen molar-refractivity contribution in [2.45, 2.75) is 26.3 Å². The molecule has 0 saturated heterocycles. The molecule has 0 aliphatic rings. The summed E-state index contributed by atoms with van der Waals surface area (Å²) in [6, 6.07) is 8.16. The fraction of sp³-hybridized carbons (Fsp3) is 0.500. The molecule has 1 aromatic rings. The lowest BCUT2D eigenvalue weighted by molar-refractivity contribution is 0.435. The average Bonchev–Trinajstić information content (AvgIpc) is 2.13. The highest BCUT2D eigenvalue weighted by Crippen LogP contribution is 2.20. The largest absolute Gasteiger partial charge is 0.383 e. The lowest BCUT2D eigenvalue weighted by Gasteiger charge is -2.20. The molecule has 0 fully saturated rings. The second-order valence-corrected chi connectivity index (χ2v) is 5.44. The minimum absolute atomic E-state index is 0.190. The number of anilines is 1. The first kappa shape index (κ1) is 12.5. The van der Waals surface area contributed by atoms with Gasteiger partial charge in [-0.25, -0.2) is 0 Å². The van der Waals surface area contributed by atoms with E-state index in [1.807, 2.05) is 18.2 Å². The lowest BCUT2D eigenvalue weighted by Crippen LogP contribution is -2.38. The molecule has 0 saturated carbocycles. The van der Waals surface area contributed by atoms with Gasteiger partial charge in [0.2, 0.25) is 0 Å². The zero-order valence-corrected chi connectivity index (χ0v) is 11.2. The summed E-state index contributed by atoms with van der Waals surface area (Å²) in [5.41, 5.74) is 1.34. The number of halogens is 1. The van der Waals surface area contributed by atoms with Gasteiger partial charge in [-0.2, -0.15) is 0 Å². The van der Waals surface area contributed by atoms with Crippen LogP contribution in [0.1, 0.15) is 20.8 Å². The molecule has 0 spiro atoms. The van der Waals surface area contributed by atoms with Gasteiger partial charge in [-0.15, -0.1) is 0 Å². The maximum atomic E-state index is 3.50. The third kappa shape index (κ3) is 5.19. The van der Waals surface area contributed by atoms with Crippen LogP contribution in [0.5, 0.6) is 0 Å². The van der Waals surface area contributed by atoms with Crippen LogP contribution in [0.2, 0.25) is 0 Å². The topological polar surface area (TPSA) is 24.1 Å². The quantitative estimate of drug-likeness (QED) is 0.821. The van der Waals surface area contributed by atoms with E-state index in [-0.39, 0.29) is 5.54 Å². The van der Waals surface area contributed by atoms with Crippen molar-refractivity contribution in [3.63, 3.8) is 0 Å². The van der Waals surface area contributed by atoms with Crippen molar-refractivity contribution >= 4 is 21.6 Å². The molecule has 0 radical (unpaired) electrons. The zero-order valence-electron chi connectivity index (χ0n) is 9.60. The summed E-state index contributed by atoms with van der Waals surface area (Å²) in [6.45, 7) is 8.41. The minimum Gasteiger partial charge on any atom is -0.383 e. The van der Waals surface area contributed by atoms with Crippen molar-refractivity contribution in [2.75, 3.05) is 18.4 Å². The summed E-state index contributed by atoms with van der Waals surface area (Å²) in [6.07, 6.45) is 0. The van der Waals surface area contributed by atoms with Crippen LogP contribution in [0.15, 0.2) is 28.7 Å². The van der Waals surface area contributed by atoms with Gasteiger partial charge in [0.1, 0.15) is 0 Å². The first-order chi connectivity index (χ1) is 6.99. The molecule has 2 nitrogen and oxygen atoms in total. The van der Waals surface area contributed by atoms with Gasteiger partial charge in [0.05, 0.1) is 0 Å². The SMILES string of the molecule is CC(C)(C)NCCNc1ccccc1Br. The summed E-state index contributed by atoms with van der Waals surface area (Å²) < 4.78 is 1.11. The van der Waals surface area contributed by atoms with Gasteiger partial charge in [0, 0.05) is 28.8 Å². The summed E-state index contributed by atoms with van der Waals surface area (Å²) in [7, 11) is 0. The molecule has 1 rings (SSSR count). The van der Waals surface area contributed by atoms with Gasteiger partial charge < -0.3 is 10.6 Å². The standard InChI is InChI=1S/C12H19BrN2/c1-12(2,3)15-9-8-14-11-7-5-4-6-10(11)13/h4-7,14-15H,8-9H2,1-3H3. The Labute approximate surface area is 101 Å². The Bertz CT molecular complexity index is 305. The Hall–Kier alpha value is -0.540. The molecule has 0 bridgehead atoms. The predicted octanol–water partition coefficient (Wildman–Crippen LogP) is 3.25. The summed E-state index contributed by atoms with van der Waals surface area (Å²) >= 11 is 3.50. The first-order valence-electron chi connectivity index (χ1n) is 5.22. The minimum atomic E-state index is 0.190. The van der Waals surface area contributed by atoms with E-state index in [1.165, 1.54) is 0 Å². The molecule has 0 amide bonds. The highest BCUT2D eigenvalue weighted by molar-refractivity contribution is 9.10. The third-order valence-electron chi connectivity index (χ3n) is 1.97. The van der Waals surface area contributed by atoms with Crippen LogP contribution in [0.4, 0.5) is 5.69 Å². The van der Waals surface area contributed by atoms with E-state index in [1.54, 1.807) is 0 Å². The molecule has 0 aromatic heterocycles. The van der Waals surface area contributed by atoms with Crippen molar-refractivity contribution in [1.29, 1.82) is 0 Å². The normalized spacial score (nSPS) is 11.5. The van der Waals surface area contributed by atoms with E-state index >= 15 is 0 Å². The van der Waals surface area contributed by atoms with E-state index < -0.39 is 0 Å². The molecule has 3 heteroatoms. The predicted molar refractivity (Wildman–Crippen MR) is 70.4 cm³/mol. The van der Waals surface area contributed by atoms with Gasteiger partial charge in [-0.05, 0) is 48.8 Å². The second-order valence-electron chi connectivity index (χ2n) is 4.58. The van der Waals surface area contributed by atoms with Crippen LogP contribution < -0.4 is 10.6 Å². The number of benzene rings is 1. The van der Waals surface area contributed by atoms with Crippen LogP contribution in [0.3, 0.4) is 0 Å². The van der Waals surface area contributed by atoms with Crippen molar-refractivity contribution in [3.05, 3.63) is 28.7 Å². The van der Waals surface area contributed by atoms with Gasteiger partial charge in [0.15, 0.2) is 0 Å². The van der Waals surface area contributed by atoms with Gasteiger partial charge in [-0.3, -0.25) is 0 Å². The summed E-state index contributed by atoms with van der Waals surface area (Å²) in [5.74, 6) is 0. The van der Waals surface area contributed by atoms with Crippen molar-refractivity contribution in [2.24, 2.45) is 0 Å². The summed E-state index contributed by atoms with van der Waals surface area (Å²) in [5, 5.41) is 6.81. The second kappa shape index (κ2) is 5.52. The Morgan fingerprint density at radius 1 is 1.13 bits per heavy atom. The highest BCUT2D eigenvalue weighted by atomic mass is 79.9. The van der Waals surface area contributed by atoms with Crippen LogP contribution in [-0.4, -0.2) is 18.6 Å². The Morgan fingerprint density at radius 3 is 2.40 bits per heavy atom. The molecule has 0 aliphatic heterocycles. The van der Waals surface area contributed by atoms with E-state index in [2.05, 4.69) is 53.4 Å². The third-order valence-corrected chi connectivity index (χ3v) is 2.66. The molecule has 84 valence electrons. The molecule has 2 N–H and O–H groups in total. The van der Waals surface area contributed by atoms with Crippen LogP contribution in [0.25, 0.3) is 0 Å². The Balaban J connectivity index is 2.30. The number of para-hydroxylation sites is 1. The molecule has 1 aromatic carbocycles. The number of nitrogens with one attached hydrogen (secondary N) is 2. The fourth-order valence-electron chi connectivity index (χ4n) is 1.24. The van der Waals surface area contributed by atoms with Gasteiger partial charge in [-0.1, -0.05) is 12.1 Å². The van der Waals surface area contributed by atoms with Crippen LogP contribution in [-0.2, 0) is 0 Å². The Morgan fingerprint density at radius 2 is 1.80 bits per heavy atom. The van der Waals surface area contributed by atoms with E-state index in [0.29, 0.717) is 0 Å². The molecule has 0 aliphatic carbocycles. The monoisotopic (exact) mass is 270 g/mol. The lowest BCUT2D eigenvalue weighted by atomic mass is 10.1. The smallest absolute Gasteiger partial charge is 0.0485 e. The highest BCUT2D eigenvalue weighted by Gasteiger charge is 2.07.